The second-order valence-corrected chi connectivity index (χ2v) is 5.01. The summed E-state index contributed by atoms with van der Waals surface area (Å²) in [6, 6.07) is 2.82. The number of hydrogen-bond donors (Lipinski definition) is 1. The van der Waals surface area contributed by atoms with Gasteiger partial charge in [-0.25, -0.2) is 4.79 Å². The van der Waals surface area contributed by atoms with Crippen LogP contribution in [0.3, 0.4) is 0 Å². The van der Waals surface area contributed by atoms with Crippen molar-refractivity contribution in [3.63, 3.8) is 0 Å². The van der Waals surface area contributed by atoms with Crippen LogP contribution in [0.5, 0.6) is 0 Å². The average Bonchev–Trinajstić information content (AvgIpc) is 2.43. The number of amides is 1. The predicted octanol–water partition coefficient (Wildman–Crippen LogP) is 4.26. The van der Waals surface area contributed by atoms with E-state index in [4.69, 9.17) is 39.5 Å². The molecule has 7 heteroatoms. The molecule has 21 heavy (non-hydrogen) atoms. The van der Waals surface area contributed by atoms with Crippen molar-refractivity contribution in [2.24, 2.45) is 0 Å². The summed E-state index contributed by atoms with van der Waals surface area (Å²) in [5, 5.41) is 3.24. The molecule has 1 amide bonds. The fourth-order valence-corrected chi connectivity index (χ4v) is 1.83. The second-order valence-electron chi connectivity index (χ2n) is 3.79. The van der Waals surface area contributed by atoms with Crippen LogP contribution in [0.25, 0.3) is 0 Å². The number of rotatable bonds is 5. The van der Waals surface area contributed by atoms with Crippen LogP contribution in [0.1, 0.15) is 6.92 Å². The van der Waals surface area contributed by atoms with Gasteiger partial charge < -0.3 is 10.1 Å². The summed E-state index contributed by atoms with van der Waals surface area (Å²) in [6.07, 6.45) is 6.13. The standard InChI is InChI=1S/C14H12Cl3NO3/c1-2-3-4-5-14(20)21-8-13(19)18-12-7-10(16)9(15)6-11(12)17/h2-7H,8H2,1H3,(H,18,19)/b3-2+,5-4+. The SMILES string of the molecule is C/C=C/C=C/C(=O)OCC(=O)Nc1cc(Cl)c(Cl)cc1Cl. The monoisotopic (exact) mass is 347 g/mol. The minimum Gasteiger partial charge on any atom is -0.452 e. The summed E-state index contributed by atoms with van der Waals surface area (Å²) in [7, 11) is 0. The Morgan fingerprint density at radius 2 is 1.81 bits per heavy atom. The lowest BCUT2D eigenvalue weighted by Crippen LogP contribution is -2.20. The van der Waals surface area contributed by atoms with E-state index in [0.717, 1.165) is 0 Å². The van der Waals surface area contributed by atoms with Gasteiger partial charge in [-0.3, -0.25) is 4.79 Å². The summed E-state index contributed by atoms with van der Waals surface area (Å²) in [4.78, 5) is 22.9. The molecule has 0 atom stereocenters. The Balaban J connectivity index is 2.55. The van der Waals surface area contributed by atoms with Crippen LogP contribution in [0, 0.1) is 0 Å². The van der Waals surface area contributed by atoms with Crippen LogP contribution in [-0.4, -0.2) is 18.5 Å². The van der Waals surface area contributed by atoms with Crippen LogP contribution in [0.4, 0.5) is 5.69 Å². The lowest BCUT2D eigenvalue weighted by atomic mass is 10.3. The van der Waals surface area contributed by atoms with Crippen LogP contribution >= 0.6 is 34.8 Å². The molecule has 1 N–H and O–H groups in total. The molecule has 0 heterocycles. The number of nitrogens with one attached hydrogen (secondary N) is 1. The Hall–Kier alpha value is -1.49. The molecule has 0 bridgehead atoms. The highest BCUT2D eigenvalue weighted by molar-refractivity contribution is 6.44. The molecule has 1 rings (SSSR count). The molecule has 0 unspecified atom stereocenters. The zero-order valence-corrected chi connectivity index (χ0v) is 13.3. The molecule has 0 fully saturated rings. The van der Waals surface area contributed by atoms with Crippen LogP contribution in [-0.2, 0) is 14.3 Å². The van der Waals surface area contributed by atoms with Gasteiger partial charge in [-0.15, -0.1) is 0 Å². The first-order valence-electron chi connectivity index (χ1n) is 5.84. The van der Waals surface area contributed by atoms with E-state index in [1.165, 1.54) is 24.3 Å². The topological polar surface area (TPSA) is 55.4 Å². The number of hydrogen-bond acceptors (Lipinski definition) is 3. The molecule has 0 aromatic heterocycles. The number of allylic oxidation sites excluding steroid dienone is 3. The molecule has 0 radical (unpaired) electrons. The quantitative estimate of drug-likeness (QED) is 0.374. The maximum atomic E-state index is 11.6. The smallest absolute Gasteiger partial charge is 0.331 e. The first kappa shape index (κ1) is 17.6. The van der Waals surface area contributed by atoms with Crippen LogP contribution in [0.2, 0.25) is 15.1 Å². The van der Waals surface area contributed by atoms with Crippen molar-refractivity contribution >= 4 is 52.4 Å². The number of anilines is 1. The Bertz CT molecular complexity index is 597. The fraction of sp³-hybridized carbons (Fsp3) is 0.143. The summed E-state index contributed by atoms with van der Waals surface area (Å²) >= 11 is 17.5. The lowest BCUT2D eigenvalue weighted by Gasteiger charge is -2.08. The summed E-state index contributed by atoms with van der Waals surface area (Å²) in [5.41, 5.74) is 0.288. The van der Waals surface area contributed by atoms with Crippen molar-refractivity contribution in [3.8, 4) is 0 Å². The molecule has 4 nitrogen and oxygen atoms in total. The Morgan fingerprint density at radius 3 is 2.48 bits per heavy atom. The van der Waals surface area contributed by atoms with Crippen molar-refractivity contribution in [1.82, 2.24) is 0 Å². The van der Waals surface area contributed by atoms with E-state index >= 15 is 0 Å². The van der Waals surface area contributed by atoms with E-state index in [2.05, 4.69) is 5.32 Å². The highest BCUT2D eigenvalue weighted by Crippen LogP contribution is 2.32. The van der Waals surface area contributed by atoms with E-state index in [-0.39, 0.29) is 20.8 Å². The highest BCUT2D eigenvalue weighted by atomic mass is 35.5. The predicted molar refractivity (Wildman–Crippen MR) is 85.0 cm³/mol. The number of carbonyl (C=O) groups is 2. The molecule has 0 spiro atoms. The summed E-state index contributed by atoms with van der Waals surface area (Å²) in [6.45, 7) is 1.37. The minimum atomic E-state index is -0.622. The van der Waals surface area contributed by atoms with Gasteiger partial charge in [0.05, 0.1) is 20.8 Å². The number of carbonyl (C=O) groups excluding carboxylic acids is 2. The molecule has 112 valence electrons. The van der Waals surface area contributed by atoms with E-state index in [0.29, 0.717) is 0 Å². The molecule has 1 aromatic rings. The lowest BCUT2D eigenvalue weighted by molar-refractivity contribution is -0.142. The van der Waals surface area contributed by atoms with E-state index in [9.17, 15) is 9.59 Å². The fourth-order valence-electron chi connectivity index (χ4n) is 1.23. The van der Waals surface area contributed by atoms with Gasteiger partial charge in [-0.05, 0) is 19.1 Å². The molecule has 0 saturated carbocycles. The summed E-state index contributed by atoms with van der Waals surface area (Å²) in [5.74, 6) is -1.16. The van der Waals surface area contributed by atoms with E-state index < -0.39 is 18.5 Å². The van der Waals surface area contributed by atoms with Crippen molar-refractivity contribution in [3.05, 3.63) is 51.5 Å². The Labute approximate surface area is 137 Å². The molecule has 0 saturated heterocycles. The van der Waals surface area contributed by atoms with Crippen molar-refractivity contribution in [2.75, 3.05) is 11.9 Å². The third kappa shape index (κ3) is 6.21. The van der Waals surface area contributed by atoms with Crippen LogP contribution < -0.4 is 5.32 Å². The van der Waals surface area contributed by atoms with Gasteiger partial charge in [0.15, 0.2) is 6.61 Å². The molecular weight excluding hydrogens is 337 g/mol. The Morgan fingerprint density at radius 1 is 1.14 bits per heavy atom. The number of benzene rings is 1. The van der Waals surface area contributed by atoms with E-state index in [1.807, 2.05) is 6.92 Å². The van der Waals surface area contributed by atoms with Crippen molar-refractivity contribution in [1.29, 1.82) is 0 Å². The van der Waals surface area contributed by atoms with Gasteiger partial charge in [-0.2, -0.15) is 0 Å². The first-order chi connectivity index (χ1) is 9.93. The molecule has 1 aromatic carbocycles. The van der Waals surface area contributed by atoms with Gasteiger partial charge in [0, 0.05) is 6.08 Å². The zero-order valence-electron chi connectivity index (χ0n) is 11.0. The second kappa shape index (κ2) is 8.72. The van der Waals surface area contributed by atoms with E-state index in [1.54, 1.807) is 12.2 Å². The van der Waals surface area contributed by atoms with Crippen molar-refractivity contribution < 1.29 is 14.3 Å². The number of ether oxygens (including phenoxy) is 1. The van der Waals surface area contributed by atoms with Crippen molar-refractivity contribution in [2.45, 2.75) is 6.92 Å². The van der Waals surface area contributed by atoms with Gasteiger partial charge in [0.25, 0.3) is 5.91 Å². The molecule has 0 aliphatic carbocycles. The van der Waals surface area contributed by atoms with Gasteiger partial charge in [-0.1, -0.05) is 53.0 Å². The summed E-state index contributed by atoms with van der Waals surface area (Å²) < 4.78 is 4.74. The maximum absolute atomic E-state index is 11.6. The average molecular weight is 349 g/mol. The normalized spacial score (nSPS) is 11.0. The third-order valence-corrected chi connectivity index (χ3v) is 3.20. The van der Waals surface area contributed by atoms with Gasteiger partial charge >= 0.3 is 5.97 Å². The molecular formula is C14H12Cl3NO3. The number of esters is 1. The number of halogens is 3. The maximum Gasteiger partial charge on any atom is 0.331 e. The zero-order chi connectivity index (χ0) is 15.8. The highest BCUT2D eigenvalue weighted by Gasteiger charge is 2.10. The minimum absolute atomic E-state index is 0.233. The van der Waals surface area contributed by atoms with Gasteiger partial charge in [0.1, 0.15) is 0 Å². The Kier molecular flexibility index (Phi) is 7.29. The van der Waals surface area contributed by atoms with Gasteiger partial charge in [0.2, 0.25) is 0 Å². The first-order valence-corrected chi connectivity index (χ1v) is 6.98. The largest absolute Gasteiger partial charge is 0.452 e. The molecule has 0 aliphatic heterocycles. The third-order valence-electron chi connectivity index (χ3n) is 2.17. The molecule has 0 aliphatic rings. The van der Waals surface area contributed by atoms with Crippen LogP contribution in [0.15, 0.2) is 36.4 Å².